The maximum Gasteiger partial charge on any atom is 0.459 e. The van der Waals surface area contributed by atoms with Gasteiger partial charge in [0, 0.05) is 17.0 Å². The number of nitrogens with zero attached hydrogens (tertiary/aromatic N) is 3. The van der Waals surface area contributed by atoms with Gasteiger partial charge in [0.25, 0.3) is 0 Å². The number of nitrogens with one attached hydrogen (secondary N) is 1. The van der Waals surface area contributed by atoms with Crippen molar-refractivity contribution in [1.29, 1.82) is 0 Å². The third-order valence-corrected chi connectivity index (χ3v) is 8.82. The number of esters is 1. The van der Waals surface area contributed by atoms with E-state index in [2.05, 4.69) is 10.1 Å². The number of halogens is 1. The van der Waals surface area contributed by atoms with Crippen molar-refractivity contribution in [2.45, 2.75) is 72.3 Å². The Morgan fingerprint density at radius 3 is 2.44 bits per heavy atom. The fourth-order valence-corrected chi connectivity index (χ4v) is 6.35. The zero-order valence-electron chi connectivity index (χ0n) is 25.1. The monoisotopic (exact) mass is 631 g/mol. The molecule has 3 atom stereocenters. The van der Waals surface area contributed by atoms with Gasteiger partial charge in [-0.2, -0.15) is 5.09 Å². The van der Waals surface area contributed by atoms with Crippen molar-refractivity contribution in [3.05, 3.63) is 59.4 Å². The Morgan fingerprint density at radius 2 is 1.77 bits per heavy atom. The number of carbonyl (C=O) groups is 1. The fraction of sp³-hybridized carbons (Fsp3) is 0.433. The molecule has 0 saturated heterocycles. The molecule has 1 unspecified atom stereocenters. The van der Waals surface area contributed by atoms with Crippen LogP contribution in [0.4, 0.5) is 5.82 Å². The molecule has 0 spiro atoms. The van der Waals surface area contributed by atoms with Gasteiger partial charge in [-0.1, -0.05) is 43.6 Å². The first-order valence-corrected chi connectivity index (χ1v) is 16.3. The summed E-state index contributed by atoms with van der Waals surface area (Å²) in [5.41, 5.74) is 8.34. The highest BCUT2D eigenvalue weighted by atomic mass is 35.5. The molecule has 4 rings (SSSR count). The molecular weight excluding hydrogens is 593 g/mol. The van der Waals surface area contributed by atoms with E-state index in [4.69, 9.17) is 40.8 Å². The van der Waals surface area contributed by atoms with Gasteiger partial charge in [0.05, 0.1) is 23.7 Å². The molecule has 3 N–H and O–H groups in total. The summed E-state index contributed by atoms with van der Waals surface area (Å²) >= 11 is 6.03. The van der Waals surface area contributed by atoms with Gasteiger partial charge in [-0.05, 0) is 63.9 Å². The Morgan fingerprint density at radius 1 is 1.07 bits per heavy atom. The van der Waals surface area contributed by atoms with Crippen molar-refractivity contribution in [2.75, 3.05) is 18.9 Å². The molecule has 43 heavy (non-hydrogen) atoms. The average Bonchev–Trinajstić information content (AvgIpc) is 3.39. The normalized spacial score (nSPS) is 14.6. The van der Waals surface area contributed by atoms with Gasteiger partial charge in [-0.25, -0.2) is 14.5 Å². The summed E-state index contributed by atoms with van der Waals surface area (Å²) in [5, 5.41) is 4.10. The number of nitrogen functional groups attached to an aromatic ring is 1. The number of anilines is 1. The molecule has 13 heteroatoms. The molecular formula is C30H39ClN5O6P. The number of ether oxygens (including phenoxy) is 2. The summed E-state index contributed by atoms with van der Waals surface area (Å²) in [5.74, 6) is 0.602. The summed E-state index contributed by atoms with van der Waals surface area (Å²) in [6, 6.07) is 12.6. The molecule has 0 amide bonds. The zero-order chi connectivity index (χ0) is 31.1. The van der Waals surface area contributed by atoms with Crippen molar-refractivity contribution in [3.8, 4) is 5.75 Å². The van der Waals surface area contributed by atoms with Crippen LogP contribution in [0, 0.1) is 0 Å². The maximum absolute atomic E-state index is 14.2. The van der Waals surface area contributed by atoms with E-state index in [1.54, 1.807) is 31.2 Å². The maximum atomic E-state index is 14.2. The SMILES string of the molecule is CCOCc1nc2c(N)nc3ccccc3c2n1[C@H](C)COP(=O)(N[C@@H](C)C(=O)OC(CC)CC)Oc1ccc(Cl)cc1. The Labute approximate surface area is 256 Å². The number of aromatic nitrogens is 3. The highest BCUT2D eigenvalue weighted by Gasteiger charge is 2.34. The number of nitrogens with two attached hydrogens (primary N) is 1. The van der Waals surface area contributed by atoms with Gasteiger partial charge in [-0.3, -0.25) is 9.32 Å². The van der Waals surface area contributed by atoms with Crippen molar-refractivity contribution >= 4 is 53.1 Å². The lowest BCUT2D eigenvalue weighted by Crippen LogP contribution is -2.37. The number of imidazole rings is 1. The van der Waals surface area contributed by atoms with Crippen molar-refractivity contribution in [2.24, 2.45) is 0 Å². The molecule has 2 aromatic carbocycles. The third kappa shape index (κ3) is 7.85. The first-order chi connectivity index (χ1) is 20.6. The Hall–Kier alpha value is -3.21. The Bertz CT molecular complexity index is 1590. The van der Waals surface area contributed by atoms with Crippen LogP contribution in [0.15, 0.2) is 48.5 Å². The van der Waals surface area contributed by atoms with Crippen LogP contribution in [0.3, 0.4) is 0 Å². The van der Waals surface area contributed by atoms with Crippen LogP contribution < -0.4 is 15.3 Å². The molecule has 2 aromatic heterocycles. The lowest BCUT2D eigenvalue weighted by atomic mass is 10.1. The van der Waals surface area contributed by atoms with E-state index < -0.39 is 25.8 Å². The molecule has 0 bridgehead atoms. The van der Waals surface area contributed by atoms with E-state index in [1.807, 2.05) is 56.5 Å². The van der Waals surface area contributed by atoms with Crippen LogP contribution in [-0.4, -0.2) is 45.9 Å². The van der Waals surface area contributed by atoms with Crippen LogP contribution in [-0.2, 0) is 30.0 Å². The van der Waals surface area contributed by atoms with E-state index in [9.17, 15) is 9.36 Å². The van der Waals surface area contributed by atoms with Gasteiger partial charge in [-0.15, -0.1) is 0 Å². The molecule has 11 nitrogen and oxygen atoms in total. The fourth-order valence-electron chi connectivity index (χ4n) is 4.66. The number of benzene rings is 2. The first-order valence-electron chi connectivity index (χ1n) is 14.4. The van der Waals surface area contributed by atoms with Gasteiger partial charge >= 0.3 is 13.7 Å². The first kappa shape index (κ1) is 32.7. The van der Waals surface area contributed by atoms with Gasteiger partial charge in [0.1, 0.15) is 35.8 Å². The highest BCUT2D eigenvalue weighted by molar-refractivity contribution is 7.52. The summed E-state index contributed by atoms with van der Waals surface area (Å²) < 4.78 is 39.3. The Balaban J connectivity index is 1.66. The number of rotatable bonds is 15. The minimum atomic E-state index is -4.13. The summed E-state index contributed by atoms with van der Waals surface area (Å²) in [6.45, 7) is 9.86. The quantitative estimate of drug-likeness (QED) is 0.106. The third-order valence-electron chi connectivity index (χ3n) is 6.93. The standard InChI is InChI=1S/C30H39ClN5O6P/c1-6-22(7-2)41-30(37)20(5)35-43(38,42-23-15-13-21(31)14-16-23)40-17-19(4)36-26(18-39-8-3)34-27-28(36)24-11-9-10-12-25(24)33-29(27)32/h9-16,19-20,22H,6-8,17-18H2,1-5H3,(H2,32,33)(H,35,38)/t19-,20+,43?/m1/s1. The number of hydrogen-bond donors (Lipinski definition) is 2. The second kappa shape index (κ2) is 14.5. The van der Waals surface area contributed by atoms with Crippen molar-refractivity contribution in [3.63, 3.8) is 0 Å². The van der Waals surface area contributed by atoms with E-state index in [0.29, 0.717) is 47.1 Å². The zero-order valence-corrected chi connectivity index (χ0v) is 26.7. The molecule has 0 aliphatic heterocycles. The minimum absolute atomic E-state index is 0.0761. The number of hydrogen-bond acceptors (Lipinski definition) is 9. The van der Waals surface area contributed by atoms with Crippen LogP contribution in [0.2, 0.25) is 5.02 Å². The van der Waals surface area contributed by atoms with Crippen LogP contribution in [0.25, 0.3) is 21.9 Å². The summed E-state index contributed by atoms with van der Waals surface area (Å²) in [6.07, 6.45) is 1.09. The number of carbonyl (C=O) groups excluding carboxylic acids is 1. The van der Waals surface area contributed by atoms with Crippen molar-refractivity contribution < 1.29 is 27.9 Å². The molecule has 0 aliphatic carbocycles. The van der Waals surface area contributed by atoms with Gasteiger partial charge < -0.3 is 24.3 Å². The molecule has 0 aliphatic rings. The van der Waals surface area contributed by atoms with E-state index in [1.165, 1.54) is 0 Å². The van der Waals surface area contributed by atoms with Crippen LogP contribution in [0.1, 0.15) is 59.3 Å². The Kier molecular flexibility index (Phi) is 11.0. The van der Waals surface area contributed by atoms with Gasteiger partial charge in [0.2, 0.25) is 0 Å². The summed E-state index contributed by atoms with van der Waals surface area (Å²) in [4.78, 5) is 22.1. The largest absolute Gasteiger partial charge is 0.461 e. The average molecular weight is 632 g/mol. The number of para-hydroxylation sites is 1. The predicted molar refractivity (Wildman–Crippen MR) is 168 cm³/mol. The lowest BCUT2D eigenvalue weighted by molar-refractivity contribution is -0.151. The van der Waals surface area contributed by atoms with E-state index >= 15 is 0 Å². The molecule has 0 fully saturated rings. The molecule has 4 aromatic rings. The second-order valence-electron chi connectivity index (χ2n) is 10.2. The van der Waals surface area contributed by atoms with Crippen LogP contribution in [0.5, 0.6) is 5.75 Å². The molecule has 0 saturated carbocycles. The van der Waals surface area contributed by atoms with Gasteiger partial charge in [0.15, 0.2) is 5.82 Å². The predicted octanol–water partition coefficient (Wildman–Crippen LogP) is 6.83. The molecule has 232 valence electrons. The highest BCUT2D eigenvalue weighted by Crippen LogP contribution is 2.46. The van der Waals surface area contributed by atoms with E-state index in [0.717, 1.165) is 10.9 Å². The topological polar surface area (TPSA) is 140 Å². The number of fused-ring (bicyclic) bond motifs is 3. The summed E-state index contributed by atoms with van der Waals surface area (Å²) in [7, 11) is -4.13. The van der Waals surface area contributed by atoms with Crippen molar-refractivity contribution in [1.82, 2.24) is 19.6 Å². The van der Waals surface area contributed by atoms with E-state index in [-0.39, 0.29) is 25.1 Å². The number of pyridine rings is 1. The smallest absolute Gasteiger partial charge is 0.459 e. The minimum Gasteiger partial charge on any atom is -0.461 e. The molecule has 2 heterocycles. The second-order valence-corrected chi connectivity index (χ2v) is 12.3. The van der Waals surface area contributed by atoms with Crippen LogP contribution >= 0.6 is 19.3 Å². The lowest BCUT2D eigenvalue weighted by Gasteiger charge is -2.26. The molecule has 0 radical (unpaired) electrons.